The van der Waals surface area contributed by atoms with Crippen LogP contribution in [0.4, 0.5) is 5.69 Å². The molecule has 3 heteroatoms. The van der Waals surface area contributed by atoms with Crippen molar-refractivity contribution in [1.82, 2.24) is 9.97 Å². The molecule has 1 heterocycles. The summed E-state index contributed by atoms with van der Waals surface area (Å²) < 4.78 is 0. The highest BCUT2D eigenvalue weighted by atomic mass is 14.9. The van der Waals surface area contributed by atoms with Gasteiger partial charge >= 0.3 is 0 Å². The van der Waals surface area contributed by atoms with Crippen molar-refractivity contribution in [3.63, 3.8) is 0 Å². The number of imidazole rings is 1. The first-order valence-electron chi connectivity index (χ1n) is 4.70. The molecule has 0 aliphatic heterocycles. The number of hydrogen-bond acceptors (Lipinski definition) is 2. The topological polar surface area (TPSA) is 54.7 Å². The van der Waals surface area contributed by atoms with Crippen LogP contribution in [0.25, 0.3) is 11.3 Å². The van der Waals surface area contributed by atoms with Gasteiger partial charge in [0.25, 0.3) is 0 Å². The van der Waals surface area contributed by atoms with Gasteiger partial charge < -0.3 is 10.7 Å². The molecule has 0 amide bonds. The Morgan fingerprint density at radius 2 is 2.14 bits per heavy atom. The van der Waals surface area contributed by atoms with Crippen LogP contribution in [0.2, 0.25) is 0 Å². The normalized spacial score (nSPS) is 10.4. The first kappa shape index (κ1) is 8.81. The van der Waals surface area contributed by atoms with E-state index < -0.39 is 0 Å². The van der Waals surface area contributed by atoms with Gasteiger partial charge in [0.15, 0.2) is 0 Å². The summed E-state index contributed by atoms with van der Waals surface area (Å²) in [4.78, 5) is 7.40. The summed E-state index contributed by atoms with van der Waals surface area (Å²) in [6.07, 6.45) is 2.64. The first-order valence-corrected chi connectivity index (χ1v) is 4.70. The molecule has 0 aliphatic rings. The molecule has 1 aromatic carbocycles. The lowest BCUT2D eigenvalue weighted by Gasteiger charge is -2.03. The molecular formula is C11H13N3. The SMILES string of the molecule is CCc1[nH]cnc1-c1ccccc1N. The highest BCUT2D eigenvalue weighted by molar-refractivity contribution is 5.74. The largest absolute Gasteiger partial charge is 0.398 e. The Hall–Kier alpha value is -1.77. The fourth-order valence-electron chi connectivity index (χ4n) is 1.54. The van der Waals surface area contributed by atoms with Crippen LogP contribution in [0.3, 0.4) is 0 Å². The number of H-pyrrole nitrogens is 1. The molecule has 0 radical (unpaired) electrons. The van der Waals surface area contributed by atoms with Gasteiger partial charge in [0, 0.05) is 16.9 Å². The van der Waals surface area contributed by atoms with Crippen LogP contribution in [0.1, 0.15) is 12.6 Å². The second-order valence-corrected chi connectivity index (χ2v) is 3.17. The van der Waals surface area contributed by atoms with Crippen molar-refractivity contribution >= 4 is 5.69 Å². The average molecular weight is 187 g/mol. The number of benzene rings is 1. The molecule has 0 bridgehead atoms. The smallest absolute Gasteiger partial charge is 0.0933 e. The zero-order valence-electron chi connectivity index (χ0n) is 8.12. The third-order valence-corrected chi connectivity index (χ3v) is 2.29. The minimum atomic E-state index is 0.773. The minimum Gasteiger partial charge on any atom is -0.398 e. The van der Waals surface area contributed by atoms with Crippen molar-refractivity contribution in [1.29, 1.82) is 0 Å². The number of rotatable bonds is 2. The Morgan fingerprint density at radius 1 is 1.36 bits per heavy atom. The number of aryl methyl sites for hydroxylation is 1. The molecule has 3 nitrogen and oxygen atoms in total. The minimum absolute atomic E-state index is 0.773. The van der Waals surface area contributed by atoms with Gasteiger partial charge in [-0.15, -0.1) is 0 Å². The number of hydrogen-bond donors (Lipinski definition) is 2. The van der Waals surface area contributed by atoms with E-state index in [2.05, 4.69) is 16.9 Å². The number of nitrogen functional groups attached to an aromatic ring is 1. The van der Waals surface area contributed by atoms with Gasteiger partial charge in [-0.1, -0.05) is 25.1 Å². The molecule has 1 aromatic heterocycles. The Morgan fingerprint density at radius 3 is 2.86 bits per heavy atom. The number of anilines is 1. The molecule has 3 N–H and O–H groups in total. The van der Waals surface area contributed by atoms with Crippen LogP contribution < -0.4 is 5.73 Å². The molecule has 14 heavy (non-hydrogen) atoms. The molecular weight excluding hydrogens is 174 g/mol. The van der Waals surface area contributed by atoms with Crippen LogP contribution in [0.5, 0.6) is 0 Å². The van der Waals surface area contributed by atoms with Crippen LogP contribution in [-0.4, -0.2) is 9.97 Å². The summed E-state index contributed by atoms with van der Waals surface area (Å²) in [5, 5.41) is 0. The van der Waals surface area contributed by atoms with Crippen molar-refractivity contribution in [2.24, 2.45) is 0 Å². The van der Waals surface area contributed by atoms with Crippen LogP contribution >= 0.6 is 0 Å². The lowest BCUT2D eigenvalue weighted by Crippen LogP contribution is -1.92. The highest BCUT2D eigenvalue weighted by Gasteiger charge is 2.08. The number of aromatic nitrogens is 2. The molecule has 72 valence electrons. The molecule has 0 spiro atoms. The van der Waals surface area contributed by atoms with Crippen LogP contribution in [-0.2, 0) is 6.42 Å². The van der Waals surface area contributed by atoms with E-state index in [-0.39, 0.29) is 0 Å². The van der Waals surface area contributed by atoms with Gasteiger partial charge in [0.2, 0.25) is 0 Å². The van der Waals surface area contributed by atoms with Gasteiger partial charge in [-0.25, -0.2) is 4.98 Å². The highest BCUT2D eigenvalue weighted by Crippen LogP contribution is 2.25. The van der Waals surface area contributed by atoms with Crippen molar-refractivity contribution in [3.8, 4) is 11.3 Å². The number of nitrogens with zero attached hydrogens (tertiary/aromatic N) is 1. The summed E-state index contributed by atoms with van der Waals surface area (Å²) in [5.41, 5.74) is 9.75. The van der Waals surface area contributed by atoms with E-state index in [1.54, 1.807) is 6.33 Å². The third kappa shape index (κ3) is 1.37. The maximum Gasteiger partial charge on any atom is 0.0933 e. The lowest BCUT2D eigenvalue weighted by molar-refractivity contribution is 1.07. The van der Waals surface area contributed by atoms with Crippen molar-refractivity contribution in [2.45, 2.75) is 13.3 Å². The second kappa shape index (κ2) is 3.54. The quantitative estimate of drug-likeness (QED) is 0.708. The number of nitrogens with one attached hydrogen (secondary N) is 1. The van der Waals surface area contributed by atoms with E-state index in [1.807, 2.05) is 24.3 Å². The molecule has 0 aliphatic carbocycles. The molecule has 2 aromatic rings. The Kier molecular flexibility index (Phi) is 2.23. The van der Waals surface area contributed by atoms with Crippen molar-refractivity contribution in [2.75, 3.05) is 5.73 Å². The van der Waals surface area contributed by atoms with Crippen LogP contribution in [0.15, 0.2) is 30.6 Å². The van der Waals surface area contributed by atoms with E-state index in [1.165, 1.54) is 0 Å². The molecule has 0 fully saturated rings. The summed E-state index contributed by atoms with van der Waals surface area (Å²) in [6.45, 7) is 2.09. The van der Waals surface area contributed by atoms with Gasteiger partial charge in [-0.2, -0.15) is 0 Å². The standard InChI is InChI=1S/C11H13N3/c1-2-10-11(14-7-13-10)8-5-3-4-6-9(8)12/h3-7H,2,12H2,1H3,(H,13,14). The predicted molar refractivity (Wildman–Crippen MR) is 57.8 cm³/mol. The van der Waals surface area contributed by atoms with E-state index in [9.17, 15) is 0 Å². The van der Waals surface area contributed by atoms with Gasteiger partial charge in [-0.05, 0) is 12.5 Å². The molecule has 0 saturated carbocycles. The van der Waals surface area contributed by atoms with E-state index in [0.717, 1.165) is 29.1 Å². The number of nitrogens with two attached hydrogens (primary N) is 1. The summed E-state index contributed by atoms with van der Waals surface area (Å²) >= 11 is 0. The zero-order valence-corrected chi connectivity index (χ0v) is 8.12. The average Bonchev–Trinajstić information content (AvgIpc) is 2.66. The second-order valence-electron chi connectivity index (χ2n) is 3.17. The molecule has 0 atom stereocenters. The van der Waals surface area contributed by atoms with Crippen LogP contribution in [0, 0.1) is 0 Å². The Labute approximate surface area is 83.0 Å². The molecule has 0 unspecified atom stereocenters. The zero-order chi connectivity index (χ0) is 9.97. The summed E-state index contributed by atoms with van der Waals surface area (Å²) in [5.74, 6) is 0. The number of para-hydroxylation sites is 1. The predicted octanol–water partition coefficient (Wildman–Crippen LogP) is 2.22. The summed E-state index contributed by atoms with van der Waals surface area (Å²) in [6, 6.07) is 7.78. The lowest BCUT2D eigenvalue weighted by atomic mass is 10.1. The van der Waals surface area contributed by atoms with E-state index in [4.69, 9.17) is 5.73 Å². The maximum atomic E-state index is 5.88. The third-order valence-electron chi connectivity index (χ3n) is 2.29. The molecule has 2 rings (SSSR count). The monoisotopic (exact) mass is 187 g/mol. The van der Waals surface area contributed by atoms with E-state index >= 15 is 0 Å². The van der Waals surface area contributed by atoms with Gasteiger partial charge in [0.1, 0.15) is 0 Å². The maximum absolute atomic E-state index is 5.88. The van der Waals surface area contributed by atoms with Gasteiger partial charge in [0.05, 0.1) is 12.0 Å². The van der Waals surface area contributed by atoms with Gasteiger partial charge in [-0.3, -0.25) is 0 Å². The fourth-order valence-corrected chi connectivity index (χ4v) is 1.54. The van der Waals surface area contributed by atoms with Crippen molar-refractivity contribution in [3.05, 3.63) is 36.3 Å². The first-order chi connectivity index (χ1) is 6.83. The fraction of sp³-hybridized carbons (Fsp3) is 0.182. The Balaban J connectivity index is 2.54. The summed E-state index contributed by atoms with van der Waals surface area (Å²) in [7, 11) is 0. The number of aromatic amines is 1. The Bertz CT molecular complexity index is 432. The van der Waals surface area contributed by atoms with E-state index in [0.29, 0.717) is 0 Å². The molecule has 0 saturated heterocycles. The van der Waals surface area contributed by atoms with Crippen molar-refractivity contribution < 1.29 is 0 Å².